The Morgan fingerprint density at radius 3 is 2.89 bits per heavy atom. The lowest BCUT2D eigenvalue weighted by Gasteiger charge is -2.16. The van der Waals surface area contributed by atoms with E-state index >= 15 is 0 Å². The van der Waals surface area contributed by atoms with E-state index in [0.717, 1.165) is 0 Å². The molecule has 0 radical (unpaired) electrons. The van der Waals surface area contributed by atoms with Gasteiger partial charge in [-0.2, -0.15) is 0 Å². The van der Waals surface area contributed by atoms with Crippen molar-refractivity contribution in [3.63, 3.8) is 0 Å². The van der Waals surface area contributed by atoms with E-state index in [1.165, 1.54) is 31.4 Å². The van der Waals surface area contributed by atoms with E-state index in [2.05, 4.69) is 5.32 Å². The quantitative estimate of drug-likeness (QED) is 0.472. The first-order valence-electron chi connectivity index (χ1n) is 5.68. The molecule has 7 heteroatoms. The zero-order chi connectivity index (χ0) is 14.3. The second-order valence-electron chi connectivity index (χ2n) is 3.91. The number of amides is 1. The molecule has 0 heterocycles. The number of alkyl halides is 1. The molecule has 19 heavy (non-hydrogen) atoms. The van der Waals surface area contributed by atoms with Gasteiger partial charge in [-0.3, -0.25) is 14.9 Å². The van der Waals surface area contributed by atoms with Crippen LogP contribution in [0.2, 0.25) is 0 Å². The minimum absolute atomic E-state index is 0.117. The molecule has 0 saturated carbocycles. The summed E-state index contributed by atoms with van der Waals surface area (Å²) in [5, 5.41) is 13.4. The molecule has 1 aromatic carbocycles. The summed E-state index contributed by atoms with van der Waals surface area (Å²) < 4.78 is 4.97. The fraction of sp³-hybridized carbons (Fsp3) is 0.417. The van der Waals surface area contributed by atoms with Gasteiger partial charge in [0.15, 0.2) is 0 Å². The van der Waals surface area contributed by atoms with E-state index in [4.69, 9.17) is 16.3 Å². The van der Waals surface area contributed by atoms with Crippen LogP contribution in [-0.2, 0) is 4.74 Å². The second kappa shape index (κ2) is 7.70. The molecule has 1 amide bonds. The Labute approximate surface area is 115 Å². The minimum atomic E-state index is -0.540. The van der Waals surface area contributed by atoms with Crippen molar-refractivity contribution >= 4 is 23.2 Å². The van der Waals surface area contributed by atoms with Gasteiger partial charge in [-0.05, 0) is 12.5 Å². The van der Waals surface area contributed by atoms with E-state index in [1.54, 1.807) is 0 Å². The molecular formula is C12H15ClN2O4. The van der Waals surface area contributed by atoms with Crippen LogP contribution in [-0.4, -0.2) is 36.5 Å². The number of rotatable bonds is 7. The van der Waals surface area contributed by atoms with Crippen molar-refractivity contribution in [2.75, 3.05) is 19.6 Å². The van der Waals surface area contributed by atoms with Crippen molar-refractivity contribution in [3.05, 3.63) is 39.9 Å². The van der Waals surface area contributed by atoms with Crippen molar-refractivity contribution in [1.82, 2.24) is 5.32 Å². The van der Waals surface area contributed by atoms with Gasteiger partial charge in [0.2, 0.25) is 0 Å². The number of nitrogens with one attached hydrogen (secondary N) is 1. The number of carbonyl (C=O) groups excluding carboxylic acids is 1. The van der Waals surface area contributed by atoms with Gasteiger partial charge >= 0.3 is 0 Å². The maximum absolute atomic E-state index is 11.9. The highest BCUT2D eigenvalue weighted by atomic mass is 35.5. The number of carbonyl (C=O) groups is 1. The lowest BCUT2D eigenvalue weighted by atomic mass is 10.1. The predicted octanol–water partition coefficient (Wildman–Crippen LogP) is 1.97. The maximum atomic E-state index is 11.9. The molecule has 104 valence electrons. The highest BCUT2D eigenvalue weighted by molar-refractivity contribution is 6.17. The summed E-state index contributed by atoms with van der Waals surface area (Å²) >= 11 is 5.63. The van der Waals surface area contributed by atoms with Gasteiger partial charge in [0.1, 0.15) is 0 Å². The molecule has 6 nitrogen and oxygen atoms in total. The third-order valence-electron chi connectivity index (χ3n) is 2.48. The van der Waals surface area contributed by atoms with Crippen LogP contribution in [0.4, 0.5) is 5.69 Å². The zero-order valence-electron chi connectivity index (χ0n) is 10.5. The van der Waals surface area contributed by atoms with Gasteiger partial charge in [-0.1, -0.05) is 6.07 Å². The number of hydrogen-bond acceptors (Lipinski definition) is 4. The van der Waals surface area contributed by atoms with Crippen molar-refractivity contribution in [2.45, 2.75) is 12.5 Å². The van der Waals surface area contributed by atoms with E-state index in [0.29, 0.717) is 18.9 Å². The summed E-state index contributed by atoms with van der Waals surface area (Å²) in [6.45, 7) is 0.341. The molecule has 1 rings (SSSR count). The Hall–Kier alpha value is -1.66. The largest absolute Gasteiger partial charge is 0.383 e. The fourth-order valence-electron chi connectivity index (χ4n) is 1.56. The molecule has 0 aromatic heterocycles. The standard InChI is InChI=1S/C12H15ClN2O4/c1-19-8-10(5-6-13)14-12(16)9-3-2-4-11(7-9)15(17)18/h2-4,7,10H,5-6,8H2,1H3,(H,14,16). The second-order valence-corrected chi connectivity index (χ2v) is 4.29. The van der Waals surface area contributed by atoms with Crippen LogP contribution in [0.1, 0.15) is 16.8 Å². The van der Waals surface area contributed by atoms with Gasteiger partial charge in [0.05, 0.1) is 17.6 Å². The number of nitrogens with zero attached hydrogens (tertiary/aromatic N) is 1. The number of ether oxygens (including phenoxy) is 1. The van der Waals surface area contributed by atoms with Crippen LogP contribution < -0.4 is 5.32 Å². The van der Waals surface area contributed by atoms with Crippen molar-refractivity contribution in [1.29, 1.82) is 0 Å². The Kier molecular flexibility index (Phi) is 6.24. The molecule has 0 aliphatic heterocycles. The summed E-state index contributed by atoms with van der Waals surface area (Å²) in [6, 6.07) is 5.35. The number of benzene rings is 1. The maximum Gasteiger partial charge on any atom is 0.270 e. The number of methoxy groups -OCH3 is 1. The Bertz CT molecular complexity index is 447. The average Bonchev–Trinajstić information content (AvgIpc) is 2.39. The molecular weight excluding hydrogens is 272 g/mol. The SMILES string of the molecule is COCC(CCCl)NC(=O)c1cccc([N+](=O)[O-])c1. The third kappa shape index (κ3) is 4.84. The molecule has 0 spiro atoms. The van der Waals surface area contributed by atoms with Crippen molar-refractivity contribution < 1.29 is 14.5 Å². The van der Waals surface area contributed by atoms with Crippen LogP contribution in [0.5, 0.6) is 0 Å². The van der Waals surface area contributed by atoms with Crippen LogP contribution in [0, 0.1) is 10.1 Å². The van der Waals surface area contributed by atoms with Crippen molar-refractivity contribution in [2.24, 2.45) is 0 Å². The van der Waals surface area contributed by atoms with E-state index in [1.807, 2.05) is 0 Å². The molecule has 1 unspecified atom stereocenters. The van der Waals surface area contributed by atoms with E-state index < -0.39 is 4.92 Å². The number of nitro groups is 1. The Balaban J connectivity index is 2.76. The normalized spacial score (nSPS) is 11.9. The molecule has 0 fully saturated rings. The summed E-state index contributed by atoms with van der Waals surface area (Å²) in [7, 11) is 1.53. The van der Waals surface area contributed by atoms with Crippen LogP contribution >= 0.6 is 11.6 Å². The van der Waals surface area contributed by atoms with Gasteiger partial charge in [0.25, 0.3) is 11.6 Å². The van der Waals surface area contributed by atoms with Crippen LogP contribution in [0.3, 0.4) is 0 Å². The summed E-state index contributed by atoms with van der Waals surface area (Å²) in [5.41, 5.74) is 0.123. The van der Waals surface area contributed by atoms with E-state index in [9.17, 15) is 14.9 Å². The first-order valence-corrected chi connectivity index (χ1v) is 6.22. The lowest BCUT2D eigenvalue weighted by molar-refractivity contribution is -0.384. The predicted molar refractivity (Wildman–Crippen MR) is 71.6 cm³/mol. The summed E-state index contributed by atoms with van der Waals surface area (Å²) in [5.74, 6) is 0.0133. The minimum Gasteiger partial charge on any atom is -0.383 e. The van der Waals surface area contributed by atoms with Gasteiger partial charge in [-0.15, -0.1) is 11.6 Å². The number of nitro benzene ring substituents is 1. The third-order valence-corrected chi connectivity index (χ3v) is 2.70. The number of halogens is 1. The highest BCUT2D eigenvalue weighted by Gasteiger charge is 2.15. The monoisotopic (exact) mass is 286 g/mol. The molecule has 1 aromatic rings. The van der Waals surface area contributed by atoms with Crippen LogP contribution in [0.25, 0.3) is 0 Å². The smallest absolute Gasteiger partial charge is 0.270 e. The van der Waals surface area contributed by atoms with Gasteiger partial charge < -0.3 is 10.1 Å². The molecule has 1 atom stereocenters. The number of non-ortho nitro benzene ring substituents is 1. The highest BCUT2D eigenvalue weighted by Crippen LogP contribution is 2.13. The molecule has 0 saturated heterocycles. The Morgan fingerprint density at radius 1 is 1.58 bits per heavy atom. The van der Waals surface area contributed by atoms with Gasteiger partial charge in [-0.25, -0.2) is 0 Å². The Morgan fingerprint density at radius 2 is 2.32 bits per heavy atom. The first kappa shape index (κ1) is 15.4. The summed E-state index contributed by atoms with van der Waals surface area (Å²) in [4.78, 5) is 22.0. The first-order chi connectivity index (χ1) is 9.08. The lowest BCUT2D eigenvalue weighted by Crippen LogP contribution is -2.38. The molecule has 1 N–H and O–H groups in total. The fourth-order valence-corrected chi connectivity index (χ4v) is 1.82. The van der Waals surface area contributed by atoms with Gasteiger partial charge in [0, 0.05) is 30.7 Å². The summed E-state index contributed by atoms with van der Waals surface area (Å²) in [6.07, 6.45) is 0.566. The van der Waals surface area contributed by atoms with Crippen LogP contribution in [0.15, 0.2) is 24.3 Å². The average molecular weight is 287 g/mol. The van der Waals surface area contributed by atoms with Crippen molar-refractivity contribution in [3.8, 4) is 0 Å². The zero-order valence-corrected chi connectivity index (χ0v) is 11.2. The molecule has 0 aliphatic carbocycles. The topological polar surface area (TPSA) is 81.5 Å². The molecule has 0 bridgehead atoms. The molecule has 0 aliphatic rings. The number of hydrogen-bond donors (Lipinski definition) is 1. The van der Waals surface area contributed by atoms with E-state index in [-0.39, 0.29) is 23.2 Å².